The minimum absolute atomic E-state index is 0. The van der Waals surface area contributed by atoms with Gasteiger partial charge in [0.1, 0.15) is 29.7 Å². The summed E-state index contributed by atoms with van der Waals surface area (Å²) in [7, 11) is -6.33. The molecule has 0 bridgehead atoms. The molecule has 13 heteroatoms. The number of esters is 2. The summed E-state index contributed by atoms with van der Waals surface area (Å²) in [5.41, 5.74) is 0.537. The van der Waals surface area contributed by atoms with E-state index >= 15 is 0 Å². The van der Waals surface area contributed by atoms with Crippen molar-refractivity contribution in [2.24, 2.45) is 0 Å². The third-order valence-electron chi connectivity index (χ3n) is 1.77. The number of hydrogen-bond acceptors (Lipinski definition) is 10. The van der Waals surface area contributed by atoms with Gasteiger partial charge in [0, 0.05) is 11.1 Å². The van der Waals surface area contributed by atoms with E-state index in [4.69, 9.17) is 0 Å². The predicted molar refractivity (Wildman–Crippen MR) is 81.5 cm³/mol. The van der Waals surface area contributed by atoms with Gasteiger partial charge in [0.25, 0.3) is 0 Å². The minimum Gasteiger partial charge on any atom is -0.781 e. The second-order valence-corrected chi connectivity index (χ2v) is 5.61. The fourth-order valence-corrected chi connectivity index (χ4v) is 1.27. The van der Waals surface area contributed by atoms with E-state index in [-0.39, 0.29) is 54.6 Å². The van der Waals surface area contributed by atoms with Gasteiger partial charge in [0.2, 0.25) is 0 Å². The predicted octanol–water partition coefficient (Wildman–Crippen LogP) is -0.258. The van der Waals surface area contributed by atoms with Gasteiger partial charge < -0.3 is 37.4 Å². The fourth-order valence-electron chi connectivity index (χ4n) is 0.765. The summed E-state index contributed by atoms with van der Waals surface area (Å²) in [6, 6.07) is 0. The molecule has 0 aliphatic heterocycles. The van der Waals surface area contributed by atoms with Crippen molar-refractivity contribution < 1.29 is 64.1 Å². The van der Waals surface area contributed by atoms with E-state index in [1.807, 2.05) is 0 Å². The largest absolute Gasteiger partial charge is 2.00 e. The van der Waals surface area contributed by atoms with E-state index in [9.17, 15) is 28.5 Å². The van der Waals surface area contributed by atoms with Crippen LogP contribution in [0.3, 0.4) is 0 Å². The van der Waals surface area contributed by atoms with Crippen molar-refractivity contribution in [1.82, 2.24) is 0 Å². The topological polar surface area (TPSA) is 151 Å². The van der Waals surface area contributed by atoms with E-state index in [1.54, 1.807) is 0 Å². The van der Waals surface area contributed by atoms with Crippen LogP contribution in [-0.2, 0) is 54.3 Å². The van der Waals surface area contributed by atoms with Crippen LogP contribution in [0.5, 0.6) is 0 Å². The first kappa shape index (κ1) is 29.0. The molecule has 0 aliphatic rings. The summed E-state index contributed by atoms with van der Waals surface area (Å²) in [5.74, 6) is -1.10. The Morgan fingerprint density at radius 1 is 0.800 bits per heavy atom. The second-order valence-electron chi connectivity index (χ2n) is 4.03. The van der Waals surface area contributed by atoms with E-state index in [1.165, 1.54) is 13.8 Å². The summed E-state index contributed by atoms with van der Waals surface area (Å²) in [6.45, 7) is 9.24. The number of ether oxygens (including phenoxy) is 2. The molecule has 1 radical (unpaired) electrons. The van der Waals surface area contributed by atoms with Crippen LogP contribution >= 0.6 is 16.5 Å². The average molecular weight is 441 g/mol. The van der Waals surface area contributed by atoms with Gasteiger partial charge in [0.15, 0.2) is 0 Å². The van der Waals surface area contributed by atoms with Crippen LogP contribution in [0.2, 0.25) is 0 Å². The Morgan fingerprint density at radius 2 is 1.08 bits per heavy atom. The minimum atomic E-state index is -3.17. The van der Waals surface area contributed by atoms with Crippen molar-refractivity contribution in [1.29, 1.82) is 0 Å². The van der Waals surface area contributed by atoms with Gasteiger partial charge in [-0.2, -0.15) is 0 Å². The van der Waals surface area contributed by atoms with Crippen LogP contribution in [0.25, 0.3) is 0 Å². The zero-order valence-electron chi connectivity index (χ0n) is 13.7. The molecule has 0 aliphatic carbocycles. The van der Waals surface area contributed by atoms with Crippen molar-refractivity contribution in [3.05, 3.63) is 24.3 Å². The molecular weight excluding hydrogens is 421 g/mol. The SMILES string of the molecule is C=C(C)C(=O)OCCO[PH](=O)[O-].C=C(C)C(=O)OCCO[PH](=O)[O-].[Mn+2]. The Morgan fingerprint density at radius 3 is 1.28 bits per heavy atom. The Balaban J connectivity index is -0.000000372. The van der Waals surface area contributed by atoms with Crippen LogP contribution in [-0.4, -0.2) is 38.4 Å². The third-order valence-corrected chi connectivity index (χ3v) is 2.65. The van der Waals surface area contributed by atoms with Crippen molar-refractivity contribution in [3.63, 3.8) is 0 Å². The summed E-state index contributed by atoms with van der Waals surface area (Å²) in [4.78, 5) is 41.1. The molecule has 145 valence electrons. The molecule has 0 aromatic rings. The van der Waals surface area contributed by atoms with Crippen molar-refractivity contribution in [2.75, 3.05) is 26.4 Å². The first-order chi connectivity index (χ1) is 11.1. The van der Waals surface area contributed by atoms with E-state index < -0.39 is 28.4 Å². The van der Waals surface area contributed by atoms with Gasteiger partial charge in [-0.3, -0.25) is 0 Å². The monoisotopic (exact) mass is 441 g/mol. The van der Waals surface area contributed by atoms with Crippen molar-refractivity contribution in [2.45, 2.75) is 13.8 Å². The molecule has 25 heavy (non-hydrogen) atoms. The Kier molecular flexibility index (Phi) is 20.9. The van der Waals surface area contributed by atoms with E-state index in [2.05, 4.69) is 31.7 Å². The maximum Gasteiger partial charge on any atom is 2.00 e. The Hall–Kier alpha value is -0.761. The number of carbonyl (C=O) groups is 2. The Labute approximate surface area is 157 Å². The number of carbonyl (C=O) groups excluding carboxylic acids is 2. The van der Waals surface area contributed by atoms with Crippen LogP contribution in [0.1, 0.15) is 13.8 Å². The molecule has 0 saturated heterocycles. The van der Waals surface area contributed by atoms with Crippen LogP contribution in [0.4, 0.5) is 0 Å². The molecule has 0 amide bonds. The van der Waals surface area contributed by atoms with Gasteiger partial charge in [0.05, 0.1) is 13.2 Å². The molecule has 2 atom stereocenters. The fraction of sp³-hybridized carbons (Fsp3) is 0.500. The van der Waals surface area contributed by atoms with Crippen molar-refractivity contribution >= 4 is 28.4 Å². The standard InChI is InChI=1S/2C6H11O5P.Mn/c2*1-5(2)6(7)10-3-4-11-12(8)9;/h2*12H,1,3-4H2,2H3,(H,8,9);/q;;+2/p-2. The van der Waals surface area contributed by atoms with Crippen molar-refractivity contribution in [3.8, 4) is 0 Å². The van der Waals surface area contributed by atoms with Crippen LogP contribution in [0.15, 0.2) is 24.3 Å². The third kappa shape index (κ3) is 23.2. The quantitative estimate of drug-likeness (QED) is 0.146. The van der Waals surface area contributed by atoms with Gasteiger partial charge in [-0.05, 0) is 13.8 Å². The first-order valence-electron chi connectivity index (χ1n) is 6.40. The number of hydrogen-bond donors (Lipinski definition) is 0. The average Bonchev–Trinajstić information content (AvgIpc) is 2.47. The molecule has 0 fully saturated rings. The molecule has 0 rings (SSSR count). The van der Waals surface area contributed by atoms with E-state index in [0.29, 0.717) is 0 Å². The molecule has 0 saturated carbocycles. The van der Waals surface area contributed by atoms with Crippen LogP contribution < -0.4 is 9.79 Å². The van der Waals surface area contributed by atoms with E-state index in [0.717, 1.165) is 0 Å². The summed E-state index contributed by atoms with van der Waals surface area (Å²) >= 11 is 0. The van der Waals surface area contributed by atoms with Gasteiger partial charge >= 0.3 is 29.0 Å². The van der Waals surface area contributed by atoms with Gasteiger partial charge in [-0.15, -0.1) is 0 Å². The zero-order chi connectivity index (χ0) is 19.1. The Bertz CT molecular complexity index is 450. The molecule has 0 aromatic carbocycles. The maximum absolute atomic E-state index is 10.7. The van der Waals surface area contributed by atoms with Gasteiger partial charge in [-0.1, -0.05) is 13.2 Å². The molecule has 10 nitrogen and oxygen atoms in total. The molecule has 0 N–H and O–H groups in total. The van der Waals surface area contributed by atoms with Gasteiger partial charge in [-0.25, -0.2) is 9.59 Å². The normalized spacial score (nSPS) is 11.7. The first-order valence-corrected chi connectivity index (χ1v) is 8.85. The maximum atomic E-state index is 10.7. The smallest absolute Gasteiger partial charge is 0.781 e. The molecule has 0 heterocycles. The molecule has 0 aromatic heterocycles. The number of rotatable bonds is 10. The summed E-state index contributed by atoms with van der Waals surface area (Å²) in [6.07, 6.45) is 0. The summed E-state index contributed by atoms with van der Waals surface area (Å²) in [5, 5.41) is 0. The second kappa shape index (κ2) is 18.0. The van der Waals surface area contributed by atoms with Crippen LogP contribution in [0, 0.1) is 0 Å². The summed E-state index contributed by atoms with van der Waals surface area (Å²) < 4.78 is 37.1. The molecule has 0 spiro atoms. The molecule has 2 unspecified atom stereocenters. The molecular formula is C12H20MnO10P2. The zero-order valence-corrected chi connectivity index (χ0v) is 16.9.